The van der Waals surface area contributed by atoms with Gasteiger partial charge in [0.25, 0.3) is 5.91 Å². The Morgan fingerprint density at radius 3 is 2.54 bits per heavy atom. The van der Waals surface area contributed by atoms with E-state index in [1.165, 1.54) is 12.1 Å². The Labute approximate surface area is 151 Å². The molecule has 0 unspecified atom stereocenters. The van der Waals surface area contributed by atoms with Gasteiger partial charge in [-0.2, -0.15) is 0 Å². The molecule has 0 saturated carbocycles. The van der Waals surface area contributed by atoms with Gasteiger partial charge in [0.2, 0.25) is 0 Å². The van der Waals surface area contributed by atoms with Gasteiger partial charge < -0.3 is 10.1 Å². The van der Waals surface area contributed by atoms with Crippen LogP contribution in [-0.4, -0.2) is 11.0 Å². The SMILES string of the molecule is O=C1NC(=S)N/C1=C\c1ccc(OCc2ccc(F)cc2)c(Br)c1. The maximum atomic E-state index is 12.9. The summed E-state index contributed by atoms with van der Waals surface area (Å²) in [6.45, 7) is 0.331. The largest absolute Gasteiger partial charge is 0.488 e. The van der Waals surface area contributed by atoms with Crippen molar-refractivity contribution in [3.63, 3.8) is 0 Å². The summed E-state index contributed by atoms with van der Waals surface area (Å²) in [6.07, 6.45) is 1.70. The topological polar surface area (TPSA) is 50.4 Å². The van der Waals surface area contributed by atoms with Gasteiger partial charge in [-0.3, -0.25) is 10.1 Å². The van der Waals surface area contributed by atoms with E-state index in [1.54, 1.807) is 24.3 Å². The first-order valence-electron chi connectivity index (χ1n) is 7.02. The number of rotatable bonds is 4. The number of hydrogen-bond donors (Lipinski definition) is 2. The van der Waals surface area contributed by atoms with Crippen molar-refractivity contribution in [2.24, 2.45) is 0 Å². The van der Waals surface area contributed by atoms with Gasteiger partial charge in [-0.05, 0) is 69.6 Å². The van der Waals surface area contributed by atoms with Crippen LogP contribution in [0.5, 0.6) is 5.75 Å². The summed E-state index contributed by atoms with van der Waals surface area (Å²) in [4.78, 5) is 11.6. The average Bonchev–Trinajstić information content (AvgIpc) is 2.86. The van der Waals surface area contributed by atoms with E-state index in [-0.39, 0.29) is 11.7 Å². The zero-order chi connectivity index (χ0) is 17.1. The highest BCUT2D eigenvalue weighted by Crippen LogP contribution is 2.27. The fourth-order valence-corrected chi connectivity index (χ4v) is 2.83. The lowest BCUT2D eigenvalue weighted by Crippen LogP contribution is -2.21. The first-order valence-corrected chi connectivity index (χ1v) is 8.22. The summed E-state index contributed by atoms with van der Waals surface area (Å²) in [5.74, 6) is 0.120. The summed E-state index contributed by atoms with van der Waals surface area (Å²) in [5, 5.41) is 5.59. The Hall–Kier alpha value is -2.25. The molecule has 24 heavy (non-hydrogen) atoms. The highest BCUT2D eigenvalue weighted by molar-refractivity contribution is 9.10. The van der Waals surface area contributed by atoms with Crippen molar-refractivity contribution < 1.29 is 13.9 Å². The van der Waals surface area contributed by atoms with E-state index in [9.17, 15) is 9.18 Å². The summed E-state index contributed by atoms with van der Waals surface area (Å²) in [6, 6.07) is 11.6. The minimum atomic E-state index is -0.277. The first-order chi connectivity index (χ1) is 11.5. The molecule has 1 aliphatic heterocycles. The molecule has 0 spiro atoms. The fourth-order valence-electron chi connectivity index (χ4n) is 2.11. The second-order valence-electron chi connectivity index (χ2n) is 5.07. The summed E-state index contributed by atoms with van der Waals surface area (Å²) >= 11 is 8.34. The standard InChI is InChI=1S/C17H12BrFN2O2S/c18-13-7-11(8-14-16(22)21-17(24)20-14)3-6-15(13)23-9-10-1-4-12(19)5-2-10/h1-8H,9H2,(H2,20,21,22,24)/b14-8-. The molecular formula is C17H12BrFN2O2S. The van der Waals surface area contributed by atoms with Crippen molar-refractivity contribution in [2.45, 2.75) is 6.61 Å². The third-order valence-electron chi connectivity index (χ3n) is 3.29. The van der Waals surface area contributed by atoms with Crippen molar-refractivity contribution in [1.29, 1.82) is 0 Å². The van der Waals surface area contributed by atoms with Crippen LogP contribution in [0.1, 0.15) is 11.1 Å². The van der Waals surface area contributed by atoms with Crippen LogP contribution in [0.2, 0.25) is 0 Å². The molecule has 4 nitrogen and oxygen atoms in total. The number of carbonyl (C=O) groups is 1. The zero-order valence-electron chi connectivity index (χ0n) is 12.3. The molecule has 0 atom stereocenters. The minimum Gasteiger partial charge on any atom is -0.488 e. The molecule has 3 rings (SSSR count). The molecule has 0 radical (unpaired) electrons. The van der Waals surface area contributed by atoms with E-state index in [0.29, 0.717) is 23.2 Å². The number of halogens is 2. The predicted molar refractivity (Wildman–Crippen MR) is 96.7 cm³/mol. The van der Waals surface area contributed by atoms with Gasteiger partial charge in [0.15, 0.2) is 5.11 Å². The van der Waals surface area contributed by atoms with Crippen molar-refractivity contribution in [3.8, 4) is 5.75 Å². The molecule has 0 aliphatic carbocycles. The first kappa shape index (κ1) is 16.6. The number of thiocarbonyl (C=S) groups is 1. The fraction of sp³-hybridized carbons (Fsp3) is 0.0588. The highest BCUT2D eigenvalue weighted by Gasteiger charge is 2.19. The summed E-state index contributed by atoms with van der Waals surface area (Å²) < 4.78 is 19.4. The van der Waals surface area contributed by atoms with Crippen molar-refractivity contribution in [3.05, 3.63) is 69.6 Å². The predicted octanol–water partition coefficient (Wildman–Crippen LogP) is 3.51. The van der Waals surface area contributed by atoms with Gasteiger partial charge in [0, 0.05) is 0 Å². The van der Waals surface area contributed by atoms with Crippen LogP contribution in [0, 0.1) is 5.82 Å². The molecule has 0 bridgehead atoms. The lowest BCUT2D eigenvalue weighted by Gasteiger charge is -2.09. The second kappa shape index (κ2) is 7.11. The highest BCUT2D eigenvalue weighted by atomic mass is 79.9. The maximum Gasteiger partial charge on any atom is 0.273 e. The van der Waals surface area contributed by atoms with Gasteiger partial charge in [-0.25, -0.2) is 4.39 Å². The summed E-state index contributed by atoms with van der Waals surface area (Å²) in [5.41, 5.74) is 2.08. The Balaban J connectivity index is 1.70. The van der Waals surface area contributed by atoms with E-state index in [1.807, 2.05) is 12.1 Å². The minimum absolute atomic E-state index is 0.257. The van der Waals surface area contributed by atoms with Gasteiger partial charge >= 0.3 is 0 Å². The lowest BCUT2D eigenvalue weighted by atomic mass is 10.2. The average molecular weight is 407 g/mol. The molecule has 1 saturated heterocycles. The van der Waals surface area contributed by atoms with Crippen molar-refractivity contribution >= 4 is 45.2 Å². The molecule has 1 heterocycles. The van der Waals surface area contributed by atoms with Crippen molar-refractivity contribution in [1.82, 2.24) is 10.6 Å². The number of benzene rings is 2. The summed E-state index contributed by atoms with van der Waals surface area (Å²) in [7, 11) is 0. The molecule has 1 fully saturated rings. The Morgan fingerprint density at radius 1 is 1.17 bits per heavy atom. The van der Waals surface area contributed by atoms with Crippen LogP contribution < -0.4 is 15.4 Å². The molecule has 2 N–H and O–H groups in total. The monoisotopic (exact) mass is 406 g/mol. The molecule has 1 aliphatic rings. The maximum absolute atomic E-state index is 12.9. The molecule has 2 aromatic carbocycles. The number of carbonyl (C=O) groups excluding carboxylic acids is 1. The van der Waals surface area contributed by atoms with Crippen LogP contribution in [-0.2, 0) is 11.4 Å². The van der Waals surface area contributed by atoms with Crippen LogP contribution in [0.4, 0.5) is 4.39 Å². The van der Waals surface area contributed by atoms with E-state index in [0.717, 1.165) is 15.6 Å². The molecule has 122 valence electrons. The molecule has 1 amide bonds. The molecular weight excluding hydrogens is 395 g/mol. The zero-order valence-corrected chi connectivity index (χ0v) is 14.7. The number of ether oxygens (including phenoxy) is 1. The van der Waals surface area contributed by atoms with Gasteiger partial charge in [0.1, 0.15) is 23.9 Å². The smallest absolute Gasteiger partial charge is 0.273 e. The quantitative estimate of drug-likeness (QED) is 0.602. The van der Waals surface area contributed by atoms with E-state index in [2.05, 4.69) is 26.6 Å². The van der Waals surface area contributed by atoms with Gasteiger partial charge in [0.05, 0.1) is 4.47 Å². The number of amides is 1. The Bertz CT molecular complexity index is 837. The molecule has 2 aromatic rings. The Kier molecular flexibility index (Phi) is 4.92. The van der Waals surface area contributed by atoms with Crippen LogP contribution >= 0.6 is 28.1 Å². The number of hydrogen-bond acceptors (Lipinski definition) is 3. The third-order valence-corrected chi connectivity index (χ3v) is 4.12. The normalized spacial score (nSPS) is 15.3. The number of nitrogens with one attached hydrogen (secondary N) is 2. The third kappa shape index (κ3) is 3.98. The Morgan fingerprint density at radius 2 is 1.92 bits per heavy atom. The second-order valence-corrected chi connectivity index (χ2v) is 6.33. The van der Waals surface area contributed by atoms with Crippen LogP contribution in [0.3, 0.4) is 0 Å². The van der Waals surface area contributed by atoms with E-state index >= 15 is 0 Å². The molecule has 0 aromatic heterocycles. The molecule has 7 heteroatoms. The van der Waals surface area contributed by atoms with Gasteiger partial charge in [-0.15, -0.1) is 0 Å². The van der Waals surface area contributed by atoms with E-state index in [4.69, 9.17) is 17.0 Å². The van der Waals surface area contributed by atoms with Crippen molar-refractivity contribution in [2.75, 3.05) is 0 Å². The van der Waals surface area contributed by atoms with Gasteiger partial charge in [-0.1, -0.05) is 18.2 Å². The van der Waals surface area contributed by atoms with Crippen LogP contribution in [0.15, 0.2) is 52.6 Å². The van der Waals surface area contributed by atoms with Crippen LogP contribution in [0.25, 0.3) is 6.08 Å². The van der Waals surface area contributed by atoms with E-state index < -0.39 is 0 Å². The lowest BCUT2D eigenvalue weighted by molar-refractivity contribution is -0.115.